The molecular formula is C13H15ClOS2. The van der Waals surface area contributed by atoms with Gasteiger partial charge in [0.05, 0.1) is 5.25 Å². The molecule has 0 aromatic heterocycles. The highest BCUT2D eigenvalue weighted by atomic mass is 35.5. The number of carbonyl (C=O) groups excluding carboxylic acids is 1. The minimum absolute atomic E-state index is 0.146. The Morgan fingerprint density at radius 1 is 1.41 bits per heavy atom. The van der Waals surface area contributed by atoms with Gasteiger partial charge >= 0.3 is 0 Å². The summed E-state index contributed by atoms with van der Waals surface area (Å²) in [5, 5.41) is 1.28. The maximum atomic E-state index is 12.2. The van der Waals surface area contributed by atoms with Gasteiger partial charge in [-0.05, 0) is 17.7 Å². The third-order valence-electron chi connectivity index (χ3n) is 2.77. The summed E-state index contributed by atoms with van der Waals surface area (Å²) in [4.78, 5) is 12.2. The zero-order valence-electron chi connectivity index (χ0n) is 9.69. The van der Waals surface area contributed by atoms with Crippen molar-refractivity contribution in [2.75, 3.05) is 11.5 Å². The summed E-state index contributed by atoms with van der Waals surface area (Å²) < 4.78 is 0. The van der Waals surface area contributed by atoms with Crippen molar-refractivity contribution in [2.24, 2.45) is 0 Å². The zero-order valence-corrected chi connectivity index (χ0v) is 12.1. The van der Waals surface area contributed by atoms with E-state index in [4.69, 9.17) is 11.6 Å². The Morgan fingerprint density at radius 3 is 2.88 bits per heavy atom. The van der Waals surface area contributed by atoms with Crippen LogP contribution in [0.1, 0.15) is 12.5 Å². The van der Waals surface area contributed by atoms with Gasteiger partial charge in [-0.3, -0.25) is 4.79 Å². The summed E-state index contributed by atoms with van der Waals surface area (Å²) in [6, 6.07) is 7.58. The van der Waals surface area contributed by atoms with Crippen LogP contribution in [0.4, 0.5) is 0 Å². The molecule has 1 fully saturated rings. The van der Waals surface area contributed by atoms with Gasteiger partial charge in [0.1, 0.15) is 0 Å². The van der Waals surface area contributed by atoms with Crippen molar-refractivity contribution < 1.29 is 4.79 Å². The van der Waals surface area contributed by atoms with Gasteiger partial charge in [0.25, 0.3) is 0 Å². The second kappa shape index (κ2) is 6.17. The van der Waals surface area contributed by atoms with Gasteiger partial charge in [0.2, 0.25) is 0 Å². The van der Waals surface area contributed by atoms with E-state index in [9.17, 15) is 4.79 Å². The van der Waals surface area contributed by atoms with Crippen molar-refractivity contribution in [3.8, 4) is 0 Å². The van der Waals surface area contributed by atoms with Crippen LogP contribution in [0.5, 0.6) is 0 Å². The molecular weight excluding hydrogens is 272 g/mol. The van der Waals surface area contributed by atoms with Gasteiger partial charge in [-0.2, -0.15) is 11.8 Å². The molecule has 17 heavy (non-hydrogen) atoms. The van der Waals surface area contributed by atoms with Gasteiger partial charge < -0.3 is 0 Å². The lowest BCUT2D eigenvalue weighted by atomic mass is 10.1. The van der Waals surface area contributed by atoms with Crippen molar-refractivity contribution in [3.63, 3.8) is 0 Å². The number of ketones is 1. The van der Waals surface area contributed by atoms with E-state index in [-0.39, 0.29) is 5.25 Å². The van der Waals surface area contributed by atoms with Gasteiger partial charge in [-0.15, -0.1) is 11.8 Å². The highest BCUT2D eigenvalue weighted by molar-refractivity contribution is 8.07. The number of thioether (sulfide) groups is 2. The predicted octanol–water partition coefficient (Wildman–Crippen LogP) is 3.69. The molecule has 1 aromatic carbocycles. The Bertz CT molecular complexity index is 408. The van der Waals surface area contributed by atoms with E-state index in [1.54, 1.807) is 11.8 Å². The predicted molar refractivity (Wildman–Crippen MR) is 78.3 cm³/mol. The lowest BCUT2D eigenvalue weighted by Gasteiger charge is -2.26. The summed E-state index contributed by atoms with van der Waals surface area (Å²) in [5.41, 5.74) is 1.02. The number of rotatable bonds is 3. The largest absolute Gasteiger partial charge is 0.298 e. The second-order valence-electron chi connectivity index (χ2n) is 4.14. The highest BCUT2D eigenvalue weighted by Gasteiger charge is 2.28. The summed E-state index contributed by atoms with van der Waals surface area (Å²) >= 11 is 9.62. The Kier molecular flexibility index (Phi) is 4.83. The fourth-order valence-electron chi connectivity index (χ4n) is 1.94. The van der Waals surface area contributed by atoms with Crippen LogP contribution in [0, 0.1) is 0 Å². The summed E-state index contributed by atoms with van der Waals surface area (Å²) in [7, 11) is 0. The molecule has 1 aliphatic rings. The van der Waals surface area contributed by atoms with Crippen molar-refractivity contribution >= 4 is 40.9 Å². The second-order valence-corrected chi connectivity index (χ2v) is 7.31. The third kappa shape index (κ3) is 3.67. The van der Waals surface area contributed by atoms with Crippen LogP contribution in [0.2, 0.25) is 5.02 Å². The molecule has 0 radical (unpaired) electrons. The SMILES string of the molecule is CC1SCCSC1C(=O)Cc1cccc(Cl)c1. The average Bonchev–Trinajstić information content (AvgIpc) is 2.29. The Morgan fingerprint density at radius 2 is 2.18 bits per heavy atom. The minimum atomic E-state index is 0.146. The molecule has 0 aliphatic carbocycles. The normalized spacial score (nSPS) is 24.6. The minimum Gasteiger partial charge on any atom is -0.298 e. The van der Waals surface area contributed by atoms with Gasteiger partial charge in [0.15, 0.2) is 5.78 Å². The quantitative estimate of drug-likeness (QED) is 0.844. The molecule has 1 aromatic rings. The number of hydrogen-bond acceptors (Lipinski definition) is 3. The van der Waals surface area contributed by atoms with Crippen LogP contribution in [-0.4, -0.2) is 27.8 Å². The van der Waals surface area contributed by atoms with Crippen molar-refractivity contribution in [1.82, 2.24) is 0 Å². The molecule has 0 bridgehead atoms. The van der Waals surface area contributed by atoms with Crippen LogP contribution in [0.3, 0.4) is 0 Å². The lowest BCUT2D eigenvalue weighted by molar-refractivity contribution is -0.117. The molecule has 1 aliphatic heterocycles. The van der Waals surface area contributed by atoms with Crippen LogP contribution in [0.15, 0.2) is 24.3 Å². The monoisotopic (exact) mass is 286 g/mol. The van der Waals surface area contributed by atoms with Crippen LogP contribution in [0.25, 0.3) is 0 Å². The van der Waals surface area contributed by atoms with Gasteiger partial charge in [-0.1, -0.05) is 30.7 Å². The zero-order chi connectivity index (χ0) is 12.3. The van der Waals surface area contributed by atoms with Crippen LogP contribution < -0.4 is 0 Å². The fourth-order valence-corrected chi connectivity index (χ4v) is 4.88. The Labute approximate surface area is 116 Å². The van der Waals surface area contributed by atoms with Crippen molar-refractivity contribution in [3.05, 3.63) is 34.9 Å². The van der Waals surface area contributed by atoms with Crippen molar-refractivity contribution in [1.29, 1.82) is 0 Å². The molecule has 0 saturated carbocycles. The third-order valence-corrected chi connectivity index (χ3v) is 6.15. The fraction of sp³-hybridized carbons (Fsp3) is 0.462. The topological polar surface area (TPSA) is 17.1 Å². The van der Waals surface area contributed by atoms with E-state index < -0.39 is 0 Å². The lowest BCUT2D eigenvalue weighted by Crippen LogP contribution is -2.32. The smallest absolute Gasteiger partial charge is 0.151 e. The first-order valence-corrected chi connectivity index (χ1v) is 8.15. The molecule has 2 rings (SSSR count). The number of hydrogen-bond donors (Lipinski definition) is 0. The molecule has 1 saturated heterocycles. The maximum absolute atomic E-state index is 12.2. The molecule has 0 N–H and O–H groups in total. The highest BCUT2D eigenvalue weighted by Crippen LogP contribution is 2.32. The summed E-state index contributed by atoms with van der Waals surface area (Å²) in [6.45, 7) is 2.15. The van der Waals surface area contributed by atoms with E-state index in [0.29, 0.717) is 22.5 Å². The molecule has 0 amide bonds. The molecule has 92 valence electrons. The molecule has 1 heterocycles. The van der Waals surface area contributed by atoms with Crippen LogP contribution in [-0.2, 0) is 11.2 Å². The maximum Gasteiger partial charge on any atom is 0.151 e. The van der Waals surface area contributed by atoms with E-state index in [1.807, 2.05) is 36.0 Å². The van der Waals surface area contributed by atoms with Crippen LogP contribution >= 0.6 is 35.1 Å². The molecule has 4 heteroatoms. The molecule has 2 atom stereocenters. The first kappa shape index (κ1) is 13.3. The number of Topliss-reactive ketones (excluding diaryl/α,β-unsaturated/α-hetero) is 1. The first-order valence-electron chi connectivity index (χ1n) is 5.67. The van der Waals surface area contributed by atoms with Gasteiger partial charge in [-0.25, -0.2) is 0 Å². The van der Waals surface area contributed by atoms with Gasteiger partial charge in [0, 0.05) is 28.2 Å². The Balaban J connectivity index is 2.01. The number of carbonyl (C=O) groups is 1. The van der Waals surface area contributed by atoms with E-state index >= 15 is 0 Å². The van der Waals surface area contributed by atoms with E-state index in [0.717, 1.165) is 17.1 Å². The molecule has 0 spiro atoms. The number of halogens is 1. The Hall–Kier alpha value is -0.120. The standard InChI is InChI=1S/C13H15ClOS2/c1-9-13(17-6-5-16-9)12(15)8-10-3-2-4-11(14)7-10/h2-4,7,9,13H,5-6,8H2,1H3. The first-order chi connectivity index (χ1) is 8.16. The molecule has 2 unspecified atom stereocenters. The number of benzene rings is 1. The summed E-state index contributed by atoms with van der Waals surface area (Å²) in [5.74, 6) is 2.57. The van der Waals surface area contributed by atoms with Crippen molar-refractivity contribution in [2.45, 2.75) is 23.8 Å². The molecule has 1 nitrogen and oxygen atoms in total. The van der Waals surface area contributed by atoms with E-state index in [2.05, 4.69) is 6.92 Å². The van der Waals surface area contributed by atoms with E-state index in [1.165, 1.54) is 0 Å². The average molecular weight is 287 g/mol. The summed E-state index contributed by atoms with van der Waals surface area (Å²) in [6.07, 6.45) is 0.503.